The molecule has 0 aromatic heterocycles. The average molecular weight is 373 g/mol. The van der Waals surface area contributed by atoms with Gasteiger partial charge in [-0.1, -0.05) is 31.5 Å². The third kappa shape index (κ3) is 4.26. The highest BCUT2D eigenvalue weighted by atomic mass is 16.5. The molecule has 3 rings (SSSR count). The molecule has 27 heavy (non-hydrogen) atoms. The van der Waals surface area contributed by atoms with Crippen LogP contribution in [0.4, 0.5) is 0 Å². The molecule has 2 saturated heterocycles. The summed E-state index contributed by atoms with van der Waals surface area (Å²) in [5.41, 5.74) is 0.942. The molecule has 148 valence electrons. The molecular formula is C21H31N3O3. The zero-order valence-corrected chi connectivity index (χ0v) is 16.4. The number of nitrogens with one attached hydrogen (secondary N) is 1. The van der Waals surface area contributed by atoms with Crippen molar-refractivity contribution in [1.29, 1.82) is 0 Å². The zero-order valence-electron chi connectivity index (χ0n) is 16.4. The fraction of sp³-hybridized carbons (Fsp3) is 0.619. The van der Waals surface area contributed by atoms with E-state index in [9.17, 15) is 9.59 Å². The Morgan fingerprint density at radius 3 is 2.70 bits per heavy atom. The topological polar surface area (TPSA) is 61.9 Å². The number of methoxy groups -OCH3 is 1. The summed E-state index contributed by atoms with van der Waals surface area (Å²) in [5.74, 6) is 0.843. The number of hydrogen-bond acceptors (Lipinski definition) is 4. The molecule has 6 nitrogen and oxygen atoms in total. The summed E-state index contributed by atoms with van der Waals surface area (Å²) in [7, 11) is 1.65. The Bertz CT molecular complexity index is 658. The van der Waals surface area contributed by atoms with Gasteiger partial charge in [0.15, 0.2) is 0 Å². The summed E-state index contributed by atoms with van der Waals surface area (Å²) in [6, 6.07) is 7.55. The van der Waals surface area contributed by atoms with Crippen molar-refractivity contribution in [3.05, 3.63) is 29.8 Å². The molecule has 6 heteroatoms. The second-order valence-electron chi connectivity index (χ2n) is 7.35. The number of para-hydroxylation sites is 1. The number of piperidine rings is 1. The number of carbonyl (C=O) groups excluding carboxylic acids is 2. The summed E-state index contributed by atoms with van der Waals surface area (Å²) in [5, 5.41) is 3.30. The van der Waals surface area contributed by atoms with Gasteiger partial charge in [-0.3, -0.25) is 9.59 Å². The molecule has 2 amide bonds. The largest absolute Gasteiger partial charge is 0.496 e. The number of benzene rings is 1. The van der Waals surface area contributed by atoms with E-state index in [1.165, 1.54) is 0 Å². The zero-order chi connectivity index (χ0) is 19.2. The molecule has 2 heterocycles. The molecule has 0 radical (unpaired) electrons. The van der Waals surface area contributed by atoms with Gasteiger partial charge in [0, 0.05) is 44.7 Å². The molecule has 0 spiro atoms. The van der Waals surface area contributed by atoms with Crippen molar-refractivity contribution in [2.75, 3.05) is 39.8 Å². The molecule has 0 saturated carbocycles. The smallest absolute Gasteiger partial charge is 0.228 e. The molecule has 0 aliphatic carbocycles. The van der Waals surface area contributed by atoms with Gasteiger partial charge in [-0.25, -0.2) is 0 Å². The van der Waals surface area contributed by atoms with Crippen molar-refractivity contribution in [2.24, 2.45) is 5.92 Å². The molecule has 2 aliphatic rings. The molecule has 0 bridgehead atoms. The Balaban J connectivity index is 1.96. The van der Waals surface area contributed by atoms with Gasteiger partial charge in [0.1, 0.15) is 5.75 Å². The number of carbonyl (C=O) groups is 2. The van der Waals surface area contributed by atoms with Gasteiger partial charge < -0.3 is 19.9 Å². The van der Waals surface area contributed by atoms with E-state index >= 15 is 0 Å². The van der Waals surface area contributed by atoms with Crippen molar-refractivity contribution < 1.29 is 14.3 Å². The maximum Gasteiger partial charge on any atom is 0.228 e. The molecule has 1 aromatic rings. The highest BCUT2D eigenvalue weighted by molar-refractivity contribution is 5.85. The van der Waals surface area contributed by atoms with Gasteiger partial charge in [0.05, 0.1) is 19.1 Å². The van der Waals surface area contributed by atoms with Gasteiger partial charge in [-0.15, -0.1) is 0 Å². The van der Waals surface area contributed by atoms with E-state index in [0.717, 1.165) is 50.3 Å². The van der Waals surface area contributed by atoms with Crippen molar-refractivity contribution in [2.45, 2.75) is 38.6 Å². The second kappa shape index (κ2) is 9.22. The van der Waals surface area contributed by atoms with Crippen LogP contribution in [0.5, 0.6) is 5.75 Å². The first-order valence-electron chi connectivity index (χ1n) is 10.1. The molecule has 1 aromatic carbocycles. The lowest BCUT2D eigenvalue weighted by molar-refractivity contribution is -0.148. The van der Waals surface area contributed by atoms with Crippen LogP contribution in [0.3, 0.4) is 0 Å². The van der Waals surface area contributed by atoms with Crippen LogP contribution >= 0.6 is 0 Å². The van der Waals surface area contributed by atoms with Crippen molar-refractivity contribution in [3.8, 4) is 5.75 Å². The summed E-state index contributed by atoms with van der Waals surface area (Å²) < 4.78 is 5.59. The number of unbranched alkanes of at least 4 members (excludes halogenated alkanes) is 1. The monoisotopic (exact) mass is 373 g/mol. The van der Waals surface area contributed by atoms with Gasteiger partial charge in [0.2, 0.25) is 11.8 Å². The molecule has 2 fully saturated rings. The van der Waals surface area contributed by atoms with E-state index < -0.39 is 0 Å². The van der Waals surface area contributed by atoms with Crippen molar-refractivity contribution >= 4 is 11.8 Å². The highest BCUT2D eigenvalue weighted by Crippen LogP contribution is 2.41. The number of ether oxygens (including phenoxy) is 1. The predicted octanol–water partition coefficient (Wildman–Crippen LogP) is 2.21. The van der Waals surface area contributed by atoms with E-state index in [4.69, 9.17) is 4.74 Å². The maximum absolute atomic E-state index is 13.4. The van der Waals surface area contributed by atoms with Gasteiger partial charge in [0.25, 0.3) is 0 Å². The van der Waals surface area contributed by atoms with Gasteiger partial charge in [-0.2, -0.15) is 0 Å². The standard InChI is InChI=1S/C21H31N3O3/c1-3-4-13-24-19(25)10-9-17(21(26)23-14-11-22-12-15-23)20(24)16-7-5-6-8-18(16)27-2/h5-8,17,20,22H,3-4,9-15H2,1-2H3/t17-,20+/m0/s1. The van der Waals surface area contributed by atoms with Crippen LogP contribution in [0.15, 0.2) is 24.3 Å². The fourth-order valence-electron chi connectivity index (χ4n) is 4.22. The summed E-state index contributed by atoms with van der Waals surface area (Å²) in [6.45, 7) is 5.93. The normalized spacial score (nSPS) is 23.4. The van der Waals surface area contributed by atoms with Crippen LogP contribution in [0, 0.1) is 5.92 Å². The highest BCUT2D eigenvalue weighted by Gasteiger charge is 2.43. The maximum atomic E-state index is 13.4. The summed E-state index contributed by atoms with van der Waals surface area (Å²) in [4.78, 5) is 30.0. The minimum atomic E-state index is -0.253. The van der Waals surface area contributed by atoms with E-state index in [2.05, 4.69) is 12.2 Å². The van der Waals surface area contributed by atoms with E-state index in [-0.39, 0.29) is 23.8 Å². The molecule has 0 unspecified atom stereocenters. The minimum absolute atomic E-state index is 0.142. The third-order valence-electron chi connectivity index (χ3n) is 5.66. The number of rotatable bonds is 6. The molecular weight excluding hydrogens is 342 g/mol. The predicted molar refractivity (Wildman–Crippen MR) is 105 cm³/mol. The molecule has 2 aliphatic heterocycles. The second-order valence-corrected chi connectivity index (χ2v) is 7.35. The lowest BCUT2D eigenvalue weighted by Gasteiger charge is -2.43. The number of amides is 2. The lowest BCUT2D eigenvalue weighted by atomic mass is 9.82. The molecule has 2 atom stereocenters. The van der Waals surface area contributed by atoms with E-state index in [0.29, 0.717) is 19.4 Å². The minimum Gasteiger partial charge on any atom is -0.496 e. The summed E-state index contributed by atoms with van der Waals surface area (Å²) >= 11 is 0. The Morgan fingerprint density at radius 1 is 1.26 bits per heavy atom. The first kappa shape index (κ1) is 19.7. The van der Waals surface area contributed by atoms with E-state index in [1.807, 2.05) is 34.1 Å². The van der Waals surface area contributed by atoms with Crippen LogP contribution < -0.4 is 10.1 Å². The lowest BCUT2D eigenvalue weighted by Crippen LogP contribution is -2.53. The number of hydrogen-bond donors (Lipinski definition) is 1. The van der Waals surface area contributed by atoms with Crippen LogP contribution in [0.25, 0.3) is 0 Å². The third-order valence-corrected chi connectivity index (χ3v) is 5.66. The Kier molecular flexibility index (Phi) is 6.72. The number of likely N-dealkylation sites (tertiary alicyclic amines) is 1. The number of nitrogens with zero attached hydrogens (tertiary/aromatic N) is 2. The van der Waals surface area contributed by atoms with E-state index in [1.54, 1.807) is 7.11 Å². The fourth-order valence-corrected chi connectivity index (χ4v) is 4.22. The van der Waals surface area contributed by atoms with Crippen LogP contribution in [0.2, 0.25) is 0 Å². The van der Waals surface area contributed by atoms with Crippen LogP contribution in [-0.4, -0.2) is 61.4 Å². The van der Waals surface area contributed by atoms with Crippen LogP contribution in [0.1, 0.15) is 44.2 Å². The quantitative estimate of drug-likeness (QED) is 0.830. The SMILES string of the molecule is CCCCN1C(=O)CC[C@H](C(=O)N2CCNCC2)[C@H]1c1ccccc1OC. The Labute approximate surface area is 161 Å². The van der Waals surface area contributed by atoms with Gasteiger partial charge >= 0.3 is 0 Å². The first-order valence-corrected chi connectivity index (χ1v) is 10.1. The molecule has 1 N–H and O–H groups in total. The Morgan fingerprint density at radius 2 is 2.00 bits per heavy atom. The van der Waals surface area contributed by atoms with Crippen LogP contribution in [-0.2, 0) is 9.59 Å². The average Bonchev–Trinajstić information content (AvgIpc) is 2.72. The number of piperazine rings is 1. The summed E-state index contributed by atoms with van der Waals surface area (Å²) in [6.07, 6.45) is 3.00. The van der Waals surface area contributed by atoms with Crippen molar-refractivity contribution in [3.63, 3.8) is 0 Å². The van der Waals surface area contributed by atoms with Gasteiger partial charge in [-0.05, 0) is 18.9 Å². The Hall–Kier alpha value is -2.08. The first-order chi connectivity index (χ1) is 13.2. The van der Waals surface area contributed by atoms with Crippen molar-refractivity contribution in [1.82, 2.24) is 15.1 Å².